The Hall–Kier alpha value is -5.60. The van der Waals surface area contributed by atoms with Gasteiger partial charge in [-0.3, -0.25) is 9.69 Å². The fourth-order valence-corrected chi connectivity index (χ4v) is 7.94. The van der Waals surface area contributed by atoms with Gasteiger partial charge in [0.2, 0.25) is 5.43 Å². The van der Waals surface area contributed by atoms with Gasteiger partial charge in [0.1, 0.15) is 23.5 Å². The second-order valence-corrected chi connectivity index (χ2v) is 13.8. The van der Waals surface area contributed by atoms with Crippen LogP contribution < -0.4 is 15.2 Å². The molecule has 6 aromatic rings. The first kappa shape index (κ1) is 34.5. The van der Waals surface area contributed by atoms with Crippen LogP contribution in [0, 0.1) is 17.6 Å². The zero-order chi connectivity index (χ0) is 37.1. The lowest BCUT2D eigenvalue weighted by Gasteiger charge is -2.29. The average molecular weight is 742 g/mol. The van der Waals surface area contributed by atoms with Crippen LogP contribution >= 0.6 is 11.6 Å². The van der Waals surface area contributed by atoms with Crippen molar-refractivity contribution in [3.63, 3.8) is 0 Å². The largest absolute Gasteiger partial charge is 0.457 e. The third-order valence-electron chi connectivity index (χ3n) is 10.3. The average Bonchev–Trinajstić information content (AvgIpc) is 3.85. The molecule has 2 aliphatic heterocycles. The topological polar surface area (TPSA) is 126 Å². The van der Waals surface area contributed by atoms with Crippen molar-refractivity contribution in [3.05, 3.63) is 94.0 Å². The van der Waals surface area contributed by atoms with Gasteiger partial charge in [-0.05, 0) is 31.0 Å². The first-order chi connectivity index (χ1) is 25.5. The first-order valence-corrected chi connectivity index (χ1v) is 17.5. The Balaban J connectivity index is 1.33. The van der Waals surface area contributed by atoms with E-state index in [-0.39, 0.29) is 45.8 Å². The number of aryl methyl sites for hydroxylation is 1. The van der Waals surface area contributed by atoms with Gasteiger partial charge in [-0.15, -0.1) is 0 Å². The van der Waals surface area contributed by atoms with Gasteiger partial charge in [-0.25, -0.2) is 28.3 Å². The molecule has 1 amide bonds. The fraction of sp³-hybridized carbons (Fsp3) is 0.289. The number of carbonyl (C=O) groups is 2. The molecule has 1 N–H and O–H groups in total. The number of rotatable bonds is 7. The Morgan fingerprint density at radius 3 is 2.62 bits per heavy atom. The van der Waals surface area contributed by atoms with E-state index in [9.17, 15) is 14.4 Å². The normalized spacial score (nSPS) is 17.2. The number of H-pyrrole nitrogens is 1. The molecular weight excluding hydrogens is 708 g/mol. The Kier molecular flexibility index (Phi) is 8.74. The number of nitrogens with zero attached hydrogens (tertiary/aromatic N) is 6. The van der Waals surface area contributed by atoms with Crippen LogP contribution in [0.15, 0.2) is 65.8 Å². The van der Waals surface area contributed by atoms with Crippen molar-refractivity contribution in [2.24, 2.45) is 13.0 Å². The van der Waals surface area contributed by atoms with E-state index in [0.29, 0.717) is 40.3 Å². The molecule has 0 aliphatic carbocycles. The monoisotopic (exact) mass is 741 g/mol. The number of hydrogen-bond donors (Lipinski definition) is 1. The number of nitrogens with one attached hydrogen (secondary N) is 1. The molecular formula is C38H34ClF2N7O5. The molecule has 0 spiro atoms. The summed E-state index contributed by atoms with van der Waals surface area (Å²) in [5.74, 6) is -2.72. The highest BCUT2D eigenvalue weighted by atomic mass is 35.5. The summed E-state index contributed by atoms with van der Waals surface area (Å²) in [5.41, 5.74) is 2.44. The fourth-order valence-electron chi connectivity index (χ4n) is 7.85. The molecule has 4 aromatic heterocycles. The lowest BCUT2D eigenvalue weighted by atomic mass is 9.99. The van der Waals surface area contributed by atoms with E-state index in [1.807, 2.05) is 37.4 Å². The molecule has 12 nitrogen and oxygen atoms in total. The van der Waals surface area contributed by atoms with Gasteiger partial charge in [0.25, 0.3) is 0 Å². The first-order valence-electron chi connectivity index (χ1n) is 17.0. The number of hydrogen-bond acceptors (Lipinski definition) is 9. The number of likely N-dealkylation sites (tertiary alicyclic amines) is 1. The van der Waals surface area contributed by atoms with Crippen LogP contribution in [0.2, 0.25) is 0 Å². The van der Waals surface area contributed by atoms with Crippen LogP contribution in [0.25, 0.3) is 44.1 Å². The van der Waals surface area contributed by atoms with Gasteiger partial charge in [0, 0.05) is 75.6 Å². The highest BCUT2D eigenvalue weighted by Gasteiger charge is 2.42. The molecule has 272 valence electrons. The number of aromatic amines is 1. The summed E-state index contributed by atoms with van der Waals surface area (Å²) >= 11 is 5.63. The summed E-state index contributed by atoms with van der Waals surface area (Å²) in [6.07, 6.45) is 4.64. The maximum Gasteiger partial charge on any atom is 0.415 e. The van der Waals surface area contributed by atoms with Crippen molar-refractivity contribution >= 4 is 68.0 Å². The standard InChI is InChI=1S/C38H34ClF2N7O5/c1-45-15-21-9-10-48(28(21)17-45)33-24(14-42-35-30(33)29-31(41)26(40)12-27(32(29)44-35)47(3)38(51)53-19-39)22-11-23-34(49)25(16-46(2)36(23)43-13-22)37(50)52-18-20-7-5-4-6-8-20/h4-8,11-14,16,21,28H,9-10,15,17-19H2,1-3H3,(H,42,44)/t21-,28+/m1/s1. The Morgan fingerprint density at radius 1 is 1.06 bits per heavy atom. The molecule has 8 rings (SSSR count). The van der Waals surface area contributed by atoms with Crippen molar-refractivity contribution < 1.29 is 27.8 Å². The molecule has 2 atom stereocenters. The van der Waals surface area contributed by atoms with Crippen LogP contribution in [0.3, 0.4) is 0 Å². The number of halogens is 3. The second kappa shape index (κ2) is 13.4. The van der Waals surface area contributed by atoms with Crippen LogP contribution in [0.1, 0.15) is 22.3 Å². The minimum Gasteiger partial charge on any atom is -0.457 e. The lowest BCUT2D eigenvalue weighted by Crippen LogP contribution is -2.35. The Morgan fingerprint density at radius 2 is 1.85 bits per heavy atom. The van der Waals surface area contributed by atoms with E-state index < -0.39 is 35.2 Å². The van der Waals surface area contributed by atoms with Crippen molar-refractivity contribution in [2.75, 3.05) is 49.6 Å². The number of amides is 1. The number of ether oxygens (including phenoxy) is 2. The molecule has 2 saturated heterocycles. The van der Waals surface area contributed by atoms with Crippen molar-refractivity contribution in [1.29, 1.82) is 0 Å². The summed E-state index contributed by atoms with van der Waals surface area (Å²) < 4.78 is 43.7. The molecule has 0 unspecified atom stereocenters. The highest BCUT2D eigenvalue weighted by molar-refractivity contribution is 6.20. The van der Waals surface area contributed by atoms with Gasteiger partial charge in [0.15, 0.2) is 17.7 Å². The Bertz CT molecular complexity index is 2510. The molecule has 2 aromatic carbocycles. The van der Waals surface area contributed by atoms with Crippen LogP contribution in [-0.2, 0) is 23.1 Å². The molecule has 15 heteroatoms. The van der Waals surface area contributed by atoms with Crippen molar-refractivity contribution in [3.8, 4) is 11.1 Å². The van der Waals surface area contributed by atoms with Crippen LogP contribution in [-0.4, -0.2) is 82.3 Å². The second-order valence-electron chi connectivity index (χ2n) is 13.6. The van der Waals surface area contributed by atoms with Gasteiger partial charge < -0.3 is 28.8 Å². The SMILES string of the molecule is CN1C[C@H]2CCN(c3c(-c4cnc5c(c4)c(=O)c(C(=O)OCc4ccccc4)cn5C)cnc4[nH]c5c(N(C)C(=O)OCCl)cc(F)c(F)c5c34)[C@H]2C1. The van der Waals surface area contributed by atoms with Crippen molar-refractivity contribution in [1.82, 2.24) is 24.4 Å². The van der Waals surface area contributed by atoms with E-state index in [2.05, 4.69) is 24.8 Å². The summed E-state index contributed by atoms with van der Waals surface area (Å²) in [6.45, 7) is 2.26. The lowest BCUT2D eigenvalue weighted by molar-refractivity contribution is 0.0470. The maximum absolute atomic E-state index is 16.2. The molecule has 2 fully saturated rings. The van der Waals surface area contributed by atoms with E-state index in [0.717, 1.165) is 36.0 Å². The predicted octanol–water partition coefficient (Wildman–Crippen LogP) is 6.17. The third-order valence-corrected chi connectivity index (χ3v) is 10.4. The third kappa shape index (κ3) is 5.82. The number of fused-ring (bicyclic) bond motifs is 5. The summed E-state index contributed by atoms with van der Waals surface area (Å²) in [5, 5.41) is 0.395. The smallest absolute Gasteiger partial charge is 0.415 e. The Labute approximate surface area is 306 Å². The highest BCUT2D eigenvalue weighted by Crippen LogP contribution is 2.47. The number of alkyl halides is 1. The number of carbonyl (C=O) groups excluding carboxylic acids is 2. The van der Waals surface area contributed by atoms with E-state index in [1.54, 1.807) is 30.1 Å². The summed E-state index contributed by atoms with van der Waals surface area (Å²) in [6, 6.07) is 11.3. The molecule has 53 heavy (non-hydrogen) atoms. The van der Waals surface area contributed by atoms with Gasteiger partial charge in [0.05, 0.1) is 33.1 Å². The van der Waals surface area contributed by atoms with Crippen LogP contribution in [0.4, 0.5) is 25.0 Å². The predicted molar refractivity (Wildman–Crippen MR) is 197 cm³/mol. The molecule has 0 bridgehead atoms. The molecule has 2 aliphatic rings. The van der Waals surface area contributed by atoms with Gasteiger partial charge in [-0.2, -0.15) is 0 Å². The zero-order valence-electron chi connectivity index (χ0n) is 29.0. The number of aromatic nitrogens is 4. The minimum atomic E-state index is -1.17. The van der Waals surface area contributed by atoms with Crippen LogP contribution in [0.5, 0.6) is 0 Å². The van der Waals surface area contributed by atoms with E-state index >= 15 is 8.78 Å². The zero-order valence-corrected chi connectivity index (χ0v) is 29.8. The number of anilines is 2. The minimum absolute atomic E-state index is 0.00540. The summed E-state index contributed by atoms with van der Waals surface area (Å²) in [7, 11) is 5.11. The number of pyridine rings is 3. The molecule has 0 saturated carbocycles. The van der Waals surface area contributed by atoms with Gasteiger partial charge >= 0.3 is 12.1 Å². The van der Waals surface area contributed by atoms with Crippen molar-refractivity contribution in [2.45, 2.75) is 19.1 Å². The quantitative estimate of drug-likeness (QED) is 0.151. The van der Waals surface area contributed by atoms with E-state index in [4.69, 9.17) is 21.1 Å². The molecule has 6 heterocycles. The summed E-state index contributed by atoms with van der Waals surface area (Å²) in [4.78, 5) is 57.8. The van der Waals surface area contributed by atoms with Gasteiger partial charge in [-0.1, -0.05) is 41.9 Å². The maximum atomic E-state index is 16.2. The number of esters is 1. The van der Waals surface area contributed by atoms with E-state index in [1.165, 1.54) is 13.2 Å². The molecule has 0 radical (unpaired) electrons. The number of benzene rings is 2. The number of likely N-dealkylation sites (N-methyl/N-ethyl adjacent to an activating group) is 1.